The molecule has 7 nitrogen and oxygen atoms in total. The molecular weight excluding hydrogens is 310 g/mol. The summed E-state index contributed by atoms with van der Waals surface area (Å²) in [4.78, 5) is 27.8. The molecule has 1 aromatic heterocycles. The largest absolute Gasteiger partial charge is 0.389 e. The number of aliphatic hydroxyl groups excluding tert-OH is 1. The van der Waals surface area contributed by atoms with Crippen molar-refractivity contribution in [3.05, 3.63) is 53.4 Å². The predicted molar refractivity (Wildman–Crippen MR) is 85.0 cm³/mol. The molecule has 1 fully saturated rings. The third-order valence-corrected chi connectivity index (χ3v) is 3.89. The Balaban J connectivity index is 1.73. The van der Waals surface area contributed by atoms with Crippen LogP contribution in [0.5, 0.6) is 0 Å². The van der Waals surface area contributed by atoms with E-state index in [0.717, 1.165) is 5.56 Å². The predicted octanol–water partition coefficient (Wildman–Crippen LogP) is 0.829. The van der Waals surface area contributed by atoms with Crippen molar-refractivity contribution in [2.24, 2.45) is 0 Å². The molecule has 2 amide bonds. The number of carbonyl (C=O) groups excluding carboxylic acids is 2. The zero-order valence-electron chi connectivity index (χ0n) is 13.4. The Kier molecular flexibility index (Phi) is 4.61. The summed E-state index contributed by atoms with van der Waals surface area (Å²) in [6, 6.07) is 11.1. The lowest BCUT2D eigenvalue weighted by Gasteiger charge is -2.21. The van der Waals surface area contributed by atoms with E-state index in [1.165, 1.54) is 11.0 Å². The first-order valence-electron chi connectivity index (χ1n) is 7.75. The summed E-state index contributed by atoms with van der Waals surface area (Å²) < 4.78 is 4.91. The Morgan fingerprint density at radius 1 is 1.33 bits per heavy atom. The van der Waals surface area contributed by atoms with Crippen LogP contribution in [0.15, 0.2) is 40.9 Å². The average Bonchev–Trinajstić information content (AvgIpc) is 2.94. The molecule has 1 unspecified atom stereocenters. The first-order valence-corrected chi connectivity index (χ1v) is 7.75. The van der Waals surface area contributed by atoms with Gasteiger partial charge in [0.2, 0.25) is 5.91 Å². The van der Waals surface area contributed by atoms with Crippen molar-refractivity contribution in [3.63, 3.8) is 0 Å². The van der Waals surface area contributed by atoms with E-state index in [1.807, 2.05) is 30.3 Å². The molecule has 1 aliphatic rings. The average molecular weight is 329 g/mol. The molecule has 0 spiro atoms. The van der Waals surface area contributed by atoms with Gasteiger partial charge < -0.3 is 19.4 Å². The first-order chi connectivity index (χ1) is 11.5. The van der Waals surface area contributed by atoms with E-state index in [4.69, 9.17) is 4.52 Å². The molecule has 0 bridgehead atoms. The number of amides is 2. The maximum absolute atomic E-state index is 12.5. The monoisotopic (exact) mass is 329 g/mol. The highest BCUT2D eigenvalue weighted by Crippen LogP contribution is 2.13. The maximum Gasteiger partial charge on any atom is 0.276 e. The lowest BCUT2D eigenvalue weighted by Crippen LogP contribution is -2.39. The number of rotatable bonds is 3. The highest BCUT2D eigenvalue weighted by Gasteiger charge is 2.31. The fraction of sp³-hybridized carbons (Fsp3) is 0.353. The minimum Gasteiger partial charge on any atom is -0.389 e. The topological polar surface area (TPSA) is 86.9 Å². The molecule has 126 valence electrons. The normalized spacial score (nSPS) is 18.6. The lowest BCUT2D eigenvalue weighted by atomic mass is 10.2. The van der Waals surface area contributed by atoms with Crippen LogP contribution in [0.3, 0.4) is 0 Å². The van der Waals surface area contributed by atoms with Crippen LogP contribution in [0, 0.1) is 6.92 Å². The van der Waals surface area contributed by atoms with Crippen molar-refractivity contribution in [1.82, 2.24) is 15.0 Å². The molecule has 1 N–H and O–H groups in total. The lowest BCUT2D eigenvalue weighted by molar-refractivity contribution is -0.131. The third kappa shape index (κ3) is 3.62. The molecular formula is C17H19N3O4. The van der Waals surface area contributed by atoms with Gasteiger partial charge in [0.05, 0.1) is 6.10 Å². The summed E-state index contributed by atoms with van der Waals surface area (Å²) >= 11 is 0. The number of β-amino-alcohol motifs (C(OH)–C–C–N with tert-alkyl or cyclic N) is 1. The van der Waals surface area contributed by atoms with Gasteiger partial charge in [0, 0.05) is 25.7 Å². The van der Waals surface area contributed by atoms with E-state index in [2.05, 4.69) is 5.16 Å². The molecule has 3 rings (SSSR count). The molecule has 1 saturated heterocycles. The maximum atomic E-state index is 12.5. The number of aromatic nitrogens is 1. The SMILES string of the molecule is Cc1cc(C(=O)N2CC(=O)N(Cc3ccccc3)CC(O)C2)no1. The van der Waals surface area contributed by atoms with Crippen molar-refractivity contribution in [2.45, 2.75) is 19.6 Å². The van der Waals surface area contributed by atoms with E-state index >= 15 is 0 Å². The number of hydrogen-bond donors (Lipinski definition) is 1. The van der Waals surface area contributed by atoms with Crippen LogP contribution in [0.25, 0.3) is 0 Å². The minimum absolute atomic E-state index is 0.0851. The molecule has 0 aliphatic carbocycles. The Bertz CT molecular complexity index is 728. The summed E-state index contributed by atoms with van der Waals surface area (Å²) in [5.74, 6) is -0.101. The van der Waals surface area contributed by atoms with Gasteiger partial charge in [0.1, 0.15) is 12.3 Å². The van der Waals surface area contributed by atoms with E-state index < -0.39 is 12.0 Å². The standard InChI is InChI=1S/C17H19N3O4/c1-12-7-15(18-24-12)17(23)20-10-14(21)9-19(16(22)11-20)8-13-5-3-2-4-6-13/h2-7,14,21H,8-11H2,1H3. The van der Waals surface area contributed by atoms with Crippen LogP contribution in [0.4, 0.5) is 0 Å². The van der Waals surface area contributed by atoms with Crippen molar-refractivity contribution in [1.29, 1.82) is 0 Å². The summed E-state index contributed by atoms with van der Waals surface area (Å²) in [6.07, 6.45) is -0.808. The van der Waals surface area contributed by atoms with Crippen molar-refractivity contribution in [3.8, 4) is 0 Å². The van der Waals surface area contributed by atoms with Crippen molar-refractivity contribution < 1.29 is 19.2 Å². The number of hydrogen-bond acceptors (Lipinski definition) is 5. The van der Waals surface area contributed by atoms with Gasteiger partial charge >= 0.3 is 0 Å². The van der Waals surface area contributed by atoms with Gasteiger partial charge in [-0.15, -0.1) is 0 Å². The fourth-order valence-corrected chi connectivity index (χ4v) is 2.74. The highest BCUT2D eigenvalue weighted by molar-refractivity contribution is 5.95. The van der Waals surface area contributed by atoms with Gasteiger partial charge in [-0.05, 0) is 12.5 Å². The van der Waals surface area contributed by atoms with Gasteiger partial charge in [-0.3, -0.25) is 9.59 Å². The summed E-state index contributed by atoms with van der Waals surface area (Å²) in [6.45, 7) is 2.28. The second-order valence-corrected chi connectivity index (χ2v) is 5.92. The van der Waals surface area contributed by atoms with Crippen LogP contribution in [0.2, 0.25) is 0 Å². The molecule has 24 heavy (non-hydrogen) atoms. The molecule has 1 aromatic carbocycles. The fourth-order valence-electron chi connectivity index (χ4n) is 2.74. The Morgan fingerprint density at radius 3 is 2.75 bits per heavy atom. The van der Waals surface area contributed by atoms with Gasteiger partial charge in [0.25, 0.3) is 5.91 Å². The van der Waals surface area contributed by atoms with Crippen LogP contribution in [-0.2, 0) is 11.3 Å². The minimum atomic E-state index is -0.808. The first kappa shape index (κ1) is 16.2. The summed E-state index contributed by atoms with van der Waals surface area (Å²) in [7, 11) is 0. The number of benzene rings is 1. The number of aryl methyl sites for hydroxylation is 1. The highest BCUT2D eigenvalue weighted by atomic mass is 16.5. The van der Waals surface area contributed by atoms with Crippen LogP contribution in [0.1, 0.15) is 21.8 Å². The van der Waals surface area contributed by atoms with E-state index in [9.17, 15) is 14.7 Å². The molecule has 1 atom stereocenters. The van der Waals surface area contributed by atoms with E-state index in [1.54, 1.807) is 11.8 Å². The van der Waals surface area contributed by atoms with Crippen LogP contribution in [-0.4, -0.2) is 57.6 Å². The van der Waals surface area contributed by atoms with Crippen LogP contribution >= 0.6 is 0 Å². The molecule has 1 aliphatic heterocycles. The molecule has 0 saturated carbocycles. The summed E-state index contributed by atoms with van der Waals surface area (Å²) in [5, 5.41) is 13.9. The van der Waals surface area contributed by atoms with E-state index in [0.29, 0.717) is 12.3 Å². The zero-order chi connectivity index (χ0) is 17.1. The zero-order valence-corrected chi connectivity index (χ0v) is 13.4. The quantitative estimate of drug-likeness (QED) is 0.901. The third-order valence-electron chi connectivity index (χ3n) is 3.89. The second kappa shape index (κ2) is 6.84. The molecule has 2 heterocycles. The molecule has 0 radical (unpaired) electrons. The molecule has 2 aromatic rings. The summed E-state index contributed by atoms with van der Waals surface area (Å²) in [5.41, 5.74) is 1.12. The van der Waals surface area contributed by atoms with Crippen molar-refractivity contribution >= 4 is 11.8 Å². The number of nitrogens with zero attached hydrogens (tertiary/aromatic N) is 3. The number of carbonyl (C=O) groups is 2. The number of aliphatic hydroxyl groups is 1. The Morgan fingerprint density at radius 2 is 2.08 bits per heavy atom. The second-order valence-electron chi connectivity index (χ2n) is 5.92. The molecule has 7 heteroatoms. The Labute approximate surface area is 139 Å². The van der Waals surface area contributed by atoms with Gasteiger partial charge in [0.15, 0.2) is 5.69 Å². The van der Waals surface area contributed by atoms with Crippen LogP contribution < -0.4 is 0 Å². The van der Waals surface area contributed by atoms with E-state index in [-0.39, 0.29) is 31.2 Å². The van der Waals surface area contributed by atoms with Gasteiger partial charge in [-0.1, -0.05) is 35.5 Å². The van der Waals surface area contributed by atoms with Gasteiger partial charge in [-0.2, -0.15) is 0 Å². The smallest absolute Gasteiger partial charge is 0.276 e. The van der Waals surface area contributed by atoms with Gasteiger partial charge in [-0.25, -0.2) is 0 Å². The Hall–Kier alpha value is -2.67. The van der Waals surface area contributed by atoms with Crippen molar-refractivity contribution in [2.75, 3.05) is 19.6 Å².